The monoisotopic (exact) mass is 289 g/mol. The summed E-state index contributed by atoms with van der Waals surface area (Å²) in [5.74, 6) is 1.23. The van der Waals surface area contributed by atoms with E-state index in [0.29, 0.717) is 11.7 Å². The maximum absolute atomic E-state index is 10.7. The lowest BCUT2D eigenvalue weighted by Crippen LogP contribution is -2.30. The largest absolute Gasteiger partial charge is 0.370 e. The van der Waals surface area contributed by atoms with E-state index in [4.69, 9.17) is 5.26 Å². The molecule has 2 heterocycles. The molecule has 21 heavy (non-hydrogen) atoms. The number of rotatable bonds is 5. The second-order valence-electron chi connectivity index (χ2n) is 5.40. The number of pyridine rings is 1. The molecule has 7 nitrogen and oxygen atoms in total. The molecule has 0 unspecified atom stereocenters. The van der Waals surface area contributed by atoms with Crippen LogP contribution >= 0.6 is 0 Å². The van der Waals surface area contributed by atoms with E-state index in [1.807, 2.05) is 0 Å². The van der Waals surface area contributed by atoms with Gasteiger partial charge in [0, 0.05) is 12.6 Å². The van der Waals surface area contributed by atoms with Crippen LogP contribution in [0.3, 0.4) is 0 Å². The molecule has 1 aliphatic heterocycles. The zero-order valence-electron chi connectivity index (χ0n) is 12.1. The van der Waals surface area contributed by atoms with Gasteiger partial charge in [0.1, 0.15) is 11.9 Å². The second-order valence-corrected chi connectivity index (χ2v) is 5.40. The van der Waals surface area contributed by atoms with E-state index in [1.165, 1.54) is 18.9 Å². The number of hydrogen-bond donors (Lipinski definition) is 1. The van der Waals surface area contributed by atoms with Crippen LogP contribution in [0.5, 0.6) is 0 Å². The molecule has 1 saturated heterocycles. The maximum Gasteiger partial charge on any atom is 0.305 e. The van der Waals surface area contributed by atoms with Gasteiger partial charge in [0.25, 0.3) is 0 Å². The van der Waals surface area contributed by atoms with Crippen LogP contribution in [0.1, 0.15) is 25.0 Å². The van der Waals surface area contributed by atoms with E-state index in [-0.39, 0.29) is 11.4 Å². The summed E-state index contributed by atoms with van der Waals surface area (Å²) in [6.07, 6.45) is 3.46. The molecular weight excluding hydrogens is 270 g/mol. The van der Waals surface area contributed by atoms with Crippen LogP contribution in [0.2, 0.25) is 0 Å². The van der Waals surface area contributed by atoms with Gasteiger partial charge in [0.05, 0.1) is 4.92 Å². The minimum atomic E-state index is -0.589. The Morgan fingerprint density at radius 2 is 2.24 bits per heavy atom. The maximum atomic E-state index is 10.7. The van der Waals surface area contributed by atoms with Crippen molar-refractivity contribution < 1.29 is 4.92 Å². The van der Waals surface area contributed by atoms with Crippen molar-refractivity contribution in [1.29, 1.82) is 5.26 Å². The quantitative estimate of drug-likeness (QED) is 0.658. The Hall–Kier alpha value is -2.20. The number of piperidine rings is 1. The summed E-state index contributed by atoms with van der Waals surface area (Å²) < 4.78 is 0. The standard InChI is InChI=1S/C14H19N5O2/c1-18-8-5-11(6-9-18)4-7-16-14-3-2-13(19(20)21)12(10-15)17-14/h2-3,11H,4-9H2,1H3,(H,16,17). The summed E-state index contributed by atoms with van der Waals surface area (Å²) >= 11 is 0. The third-order valence-corrected chi connectivity index (χ3v) is 3.87. The van der Waals surface area contributed by atoms with Crippen molar-refractivity contribution in [2.24, 2.45) is 5.92 Å². The Morgan fingerprint density at radius 1 is 1.52 bits per heavy atom. The van der Waals surface area contributed by atoms with Crippen LogP contribution in [0.15, 0.2) is 12.1 Å². The number of nitrogens with zero attached hydrogens (tertiary/aromatic N) is 4. The summed E-state index contributed by atoms with van der Waals surface area (Å²) in [5.41, 5.74) is -0.400. The molecule has 1 aliphatic rings. The first-order valence-electron chi connectivity index (χ1n) is 7.08. The lowest BCUT2D eigenvalue weighted by atomic mass is 9.94. The molecule has 2 rings (SSSR count). The molecular formula is C14H19N5O2. The Balaban J connectivity index is 1.86. The van der Waals surface area contributed by atoms with Gasteiger partial charge in [0.2, 0.25) is 5.69 Å². The molecule has 1 aromatic heterocycles. The predicted octanol–water partition coefficient (Wildman–Crippen LogP) is 2.01. The zero-order valence-corrected chi connectivity index (χ0v) is 12.1. The van der Waals surface area contributed by atoms with Crippen molar-refractivity contribution in [3.63, 3.8) is 0 Å². The highest BCUT2D eigenvalue weighted by molar-refractivity contribution is 5.50. The van der Waals surface area contributed by atoms with Crippen LogP contribution in [0.4, 0.5) is 11.5 Å². The SMILES string of the molecule is CN1CCC(CCNc2ccc([N+](=O)[O-])c(C#N)n2)CC1. The third kappa shape index (κ3) is 4.13. The third-order valence-electron chi connectivity index (χ3n) is 3.87. The fraction of sp³-hybridized carbons (Fsp3) is 0.571. The van der Waals surface area contributed by atoms with E-state index in [9.17, 15) is 10.1 Å². The summed E-state index contributed by atoms with van der Waals surface area (Å²) in [5, 5.41) is 22.8. The van der Waals surface area contributed by atoms with Crippen molar-refractivity contribution in [3.05, 3.63) is 27.9 Å². The van der Waals surface area contributed by atoms with Crippen LogP contribution in [-0.2, 0) is 0 Å². The second kappa shape index (κ2) is 6.99. The number of nitrogens with one attached hydrogen (secondary N) is 1. The van der Waals surface area contributed by atoms with E-state index in [1.54, 1.807) is 12.1 Å². The summed E-state index contributed by atoms with van der Waals surface area (Å²) in [7, 11) is 2.14. The van der Waals surface area contributed by atoms with Gasteiger partial charge >= 0.3 is 5.69 Å². The first-order valence-corrected chi connectivity index (χ1v) is 7.08. The molecule has 1 aromatic rings. The number of anilines is 1. The minimum Gasteiger partial charge on any atom is -0.370 e. The van der Waals surface area contributed by atoms with Gasteiger partial charge in [-0.3, -0.25) is 10.1 Å². The van der Waals surface area contributed by atoms with Gasteiger partial charge in [-0.15, -0.1) is 0 Å². The molecule has 112 valence electrons. The summed E-state index contributed by atoms with van der Waals surface area (Å²) in [4.78, 5) is 16.5. The molecule has 1 N–H and O–H groups in total. The smallest absolute Gasteiger partial charge is 0.305 e. The Labute approximate surface area is 123 Å². The van der Waals surface area contributed by atoms with E-state index >= 15 is 0 Å². The Morgan fingerprint density at radius 3 is 2.86 bits per heavy atom. The highest BCUT2D eigenvalue weighted by atomic mass is 16.6. The number of aromatic nitrogens is 1. The van der Waals surface area contributed by atoms with E-state index < -0.39 is 4.92 Å². The average Bonchev–Trinajstić information content (AvgIpc) is 2.49. The Bertz CT molecular complexity index is 547. The van der Waals surface area contributed by atoms with E-state index in [0.717, 1.165) is 26.1 Å². The van der Waals surface area contributed by atoms with Gasteiger partial charge in [-0.25, -0.2) is 4.98 Å². The van der Waals surface area contributed by atoms with Gasteiger partial charge in [-0.2, -0.15) is 5.26 Å². The highest BCUT2D eigenvalue weighted by Crippen LogP contribution is 2.21. The molecule has 0 saturated carbocycles. The summed E-state index contributed by atoms with van der Waals surface area (Å²) in [6.45, 7) is 3.04. The van der Waals surface area contributed by atoms with Crippen molar-refractivity contribution in [1.82, 2.24) is 9.88 Å². The molecule has 0 aliphatic carbocycles. The molecule has 0 bridgehead atoms. The van der Waals surface area contributed by atoms with Crippen molar-refractivity contribution in [2.45, 2.75) is 19.3 Å². The first kappa shape index (κ1) is 15.2. The lowest BCUT2D eigenvalue weighted by molar-refractivity contribution is -0.385. The fourth-order valence-electron chi connectivity index (χ4n) is 2.53. The number of likely N-dealkylation sites (tertiary alicyclic amines) is 1. The normalized spacial score (nSPS) is 16.4. The zero-order chi connectivity index (χ0) is 15.2. The van der Waals surface area contributed by atoms with Crippen LogP contribution in [-0.4, -0.2) is 41.5 Å². The lowest BCUT2D eigenvalue weighted by Gasteiger charge is -2.28. The van der Waals surface area contributed by atoms with Crippen LogP contribution in [0.25, 0.3) is 0 Å². The van der Waals surface area contributed by atoms with Crippen LogP contribution in [0, 0.1) is 27.4 Å². The molecule has 0 aromatic carbocycles. The number of nitriles is 1. The van der Waals surface area contributed by atoms with Crippen molar-refractivity contribution in [2.75, 3.05) is 32.0 Å². The van der Waals surface area contributed by atoms with E-state index in [2.05, 4.69) is 22.2 Å². The fourth-order valence-corrected chi connectivity index (χ4v) is 2.53. The first-order chi connectivity index (χ1) is 10.1. The number of hydrogen-bond acceptors (Lipinski definition) is 6. The molecule has 0 amide bonds. The Kier molecular flexibility index (Phi) is 5.06. The number of nitro groups is 1. The molecule has 0 spiro atoms. The van der Waals surface area contributed by atoms with Gasteiger partial charge in [-0.1, -0.05) is 0 Å². The predicted molar refractivity (Wildman–Crippen MR) is 78.9 cm³/mol. The van der Waals surface area contributed by atoms with Gasteiger partial charge in [0.15, 0.2) is 0 Å². The molecule has 1 fully saturated rings. The van der Waals surface area contributed by atoms with Crippen molar-refractivity contribution in [3.8, 4) is 6.07 Å². The molecule has 0 atom stereocenters. The van der Waals surface area contributed by atoms with Crippen molar-refractivity contribution >= 4 is 11.5 Å². The molecule has 0 radical (unpaired) electrons. The van der Waals surface area contributed by atoms with Crippen LogP contribution < -0.4 is 5.32 Å². The average molecular weight is 289 g/mol. The molecule has 7 heteroatoms. The summed E-state index contributed by atoms with van der Waals surface area (Å²) in [6, 6.07) is 4.64. The van der Waals surface area contributed by atoms with Gasteiger partial charge < -0.3 is 10.2 Å². The minimum absolute atomic E-state index is 0.149. The highest BCUT2D eigenvalue weighted by Gasteiger charge is 2.17. The topological polar surface area (TPSA) is 95.1 Å². The van der Waals surface area contributed by atoms with Gasteiger partial charge in [-0.05, 0) is 51.4 Å².